The van der Waals surface area contributed by atoms with E-state index in [0.29, 0.717) is 70.4 Å². The number of rotatable bonds is 8. The summed E-state index contributed by atoms with van der Waals surface area (Å²) in [7, 11) is 3.01. The van der Waals surface area contributed by atoms with Gasteiger partial charge in [-0.2, -0.15) is 13.2 Å². The van der Waals surface area contributed by atoms with Crippen molar-refractivity contribution in [2.24, 2.45) is 17.3 Å². The van der Waals surface area contributed by atoms with Crippen LogP contribution in [0.5, 0.6) is 0 Å². The van der Waals surface area contributed by atoms with E-state index in [9.17, 15) is 37.1 Å². The van der Waals surface area contributed by atoms with E-state index >= 15 is 4.39 Å². The SMILES string of the molecule is C=CC(=O)N1CC[C@H](C(=O)N(C)[C@H](C(=O)NC2Cc3cc(F)cc(c3)-c3ccc4c(c3)c3c(n4CC(F)(F)F)-c4cccnc4[C@@H](OC)C3C(C)(C)COC(=O)[C@@H]3CCCN(N3)C2=O)C(C)C)C1. The Morgan fingerprint density at radius 2 is 1.85 bits per heavy atom. The molecular weight excluding hydrogens is 887 g/mol. The van der Waals surface area contributed by atoms with Crippen molar-refractivity contribution in [1.82, 2.24) is 35.1 Å². The number of aromatic nitrogens is 2. The third-order valence-electron chi connectivity index (χ3n) is 13.9. The lowest BCUT2D eigenvalue weighted by Crippen LogP contribution is -2.62. The van der Waals surface area contributed by atoms with Crippen molar-refractivity contribution in [3.63, 3.8) is 0 Å². The molecule has 2 N–H and O–H groups in total. The Kier molecular flexibility index (Phi) is 13.3. The Morgan fingerprint density at radius 1 is 1.09 bits per heavy atom. The molecule has 0 spiro atoms. The van der Waals surface area contributed by atoms with Gasteiger partial charge in [-0.1, -0.05) is 46.4 Å². The van der Waals surface area contributed by atoms with E-state index in [1.165, 1.54) is 51.7 Å². The standard InChI is InChI=1S/C50H57F4N7O7/c1-8-38(62)59-18-15-30(24-59)46(64)58(6)42(27(2)3)45(63)56-36-21-28-19-31(22-32(51)20-28)29-13-14-37-34(23-29)39-40(49(4,5)26-68-48(66)35-12-10-17-61(57-35)47(36)65)44(67-7)41-33(11-9-16-55-41)43(39)60(37)25-50(52,53)54/h8-9,11,13-14,16,19-20,22-23,27,30,35-36,40,42,44,57H,1,10,12,15,17-18,21,24-26H2,2-7H3,(H,56,63)/t30-,35-,36?,40?,42-,44-/m0/s1. The number of carbonyl (C=O) groups excluding carboxylic acids is 5. The number of benzene rings is 2. The maximum absolute atomic E-state index is 16.0. The van der Waals surface area contributed by atoms with Crippen LogP contribution < -0.4 is 10.7 Å². The molecule has 6 bridgehead atoms. The number of methoxy groups -OCH3 is 1. The topological polar surface area (TPSA) is 155 Å². The molecule has 2 saturated heterocycles. The molecule has 14 nitrogen and oxygen atoms in total. The summed E-state index contributed by atoms with van der Waals surface area (Å²) in [6.45, 7) is 9.93. The Bertz CT molecular complexity index is 2670. The number of hydrogen-bond donors (Lipinski definition) is 2. The molecule has 18 heteroatoms. The van der Waals surface area contributed by atoms with Crippen LogP contribution in [0.15, 0.2) is 67.4 Å². The Labute approximate surface area is 392 Å². The Balaban J connectivity index is 1.24. The summed E-state index contributed by atoms with van der Waals surface area (Å²) >= 11 is 0. The minimum atomic E-state index is -4.63. The van der Waals surface area contributed by atoms with Crippen LogP contribution in [0.25, 0.3) is 33.3 Å². The van der Waals surface area contributed by atoms with E-state index in [0.717, 1.165) is 0 Å². The zero-order chi connectivity index (χ0) is 49.0. The largest absolute Gasteiger partial charge is 0.464 e. The first kappa shape index (κ1) is 48.3. The number of carbonyl (C=O) groups is 5. The molecule has 0 saturated carbocycles. The van der Waals surface area contributed by atoms with Crippen LogP contribution in [-0.2, 0) is 46.4 Å². The molecule has 8 rings (SSSR count). The van der Waals surface area contributed by atoms with Gasteiger partial charge < -0.3 is 29.2 Å². The molecule has 68 heavy (non-hydrogen) atoms. The summed E-state index contributed by atoms with van der Waals surface area (Å²) in [4.78, 5) is 76.9. The summed E-state index contributed by atoms with van der Waals surface area (Å²) in [5, 5.41) is 4.59. The Hall–Kier alpha value is -6.14. The Morgan fingerprint density at radius 3 is 2.56 bits per heavy atom. The second kappa shape index (κ2) is 18.7. The maximum atomic E-state index is 16.0. The number of halogens is 4. The van der Waals surface area contributed by atoms with Gasteiger partial charge in [0.1, 0.15) is 36.6 Å². The smallest absolute Gasteiger partial charge is 0.406 e. The molecule has 5 heterocycles. The fourth-order valence-electron chi connectivity index (χ4n) is 10.7. The number of hydrogen-bond acceptors (Lipinski definition) is 9. The molecule has 362 valence electrons. The van der Waals surface area contributed by atoms with Crippen molar-refractivity contribution in [3.8, 4) is 22.4 Å². The van der Waals surface area contributed by atoms with Crippen LogP contribution in [0.2, 0.25) is 0 Å². The van der Waals surface area contributed by atoms with Crippen LogP contribution in [0.3, 0.4) is 0 Å². The van der Waals surface area contributed by atoms with Crippen LogP contribution in [0.1, 0.15) is 75.8 Å². The molecule has 1 aliphatic carbocycles. The zero-order valence-corrected chi connectivity index (χ0v) is 39.0. The van der Waals surface area contributed by atoms with Crippen molar-refractivity contribution < 1.29 is 51.0 Å². The van der Waals surface area contributed by atoms with E-state index < -0.39 is 83.7 Å². The van der Waals surface area contributed by atoms with Gasteiger partial charge in [-0.25, -0.2) is 9.82 Å². The highest BCUT2D eigenvalue weighted by atomic mass is 19.4. The van der Waals surface area contributed by atoms with Gasteiger partial charge in [0.05, 0.1) is 23.9 Å². The summed E-state index contributed by atoms with van der Waals surface area (Å²) in [5.74, 6) is -4.94. The number of nitrogens with zero attached hydrogens (tertiary/aromatic N) is 5. The molecule has 0 radical (unpaired) electrons. The number of hydrazine groups is 1. The maximum Gasteiger partial charge on any atom is 0.406 e. The van der Waals surface area contributed by atoms with Crippen molar-refractivity contribution in [1.29, 1.82) is 0 Å². The number of likely N-dealkylation sites (N-methyl/N-ethyl adjacent to an activating group) is 1. The summed E-state index contributed by atoms with van der Waals surface area (Å²) in [5.41, 5.74) is 5.14. The van der Waals surface area contributed by atoms with E-state index in [-0.39, 0.29) is 43.4 Å². The molecule has 2 aromatic carbocycles. The first-order chi connectivity index (χ1) is 32.2. The van der Waals surface area contributed by atoms with Crippen molar-refractivity contribution in [2.75, 3.05) is 40.4 Å². The molecule has 2 unspecified atom stereocenters. The van der Waals surface area contributed by atoms with Gasteiger partial charge in [-0.05, 0) is 89.9 Å². The summed E-state index contributed by atoms with van der Waals surface area (Å²) in [6.07, 6.45) is -1.81. The minimum absolute atomic E-state index is 0.160. The monoisotopic (exact) mass is 943 g/mol. The molecule has 3 aliphatic heterocycles. The minimum Gasteiger partial charge on any atom is -0.464 e. The number of cyclic esters (lactones) is 1. The van der Waals surface area contributed by atoms with Crippen LogP contribution in [-0.4, -0.2) is 119 Å². The predicted octanol–water partition coefficient (Wildman–Crippen LogP) is 6.48. The zero-order valence-electron chi connectivity index (χ0n) is 39.0. The molecule has 4 amide bonds. The van der Waals surface area contributed by atoms with Crippen molar-refractivity contribution in [2.45, 2.75) is 96.2 Å². The van der Waals surface area contributed by atoms with Crippen LogP contribution in [0, 0.1) is 23.1 Å². The second-order valence-electron chi connectivity index (χ2n) is 19.4. The van der Waals surface area contributed by atoms with Gasteiger partial charge in [0.15, 0.2) is 0 Å². The highest BCUT2D eigenvalue weighted by Gasteiger charge is 2.49. The lowest BCUT2D eigenvalue weighted by atomic mass is 9.67. The molecule has 2 fully saturated rings. The number of nitrogens with one attached hydrogen (secondary N) is 2. The molecule has 4 aromatic rings. The molecule has 6 atom stereocenters. The van der Waals surface area contributed by atoms with Gasteiger partial charge >= 0.3 is 12.1 Å². The number of likely N-dealkylation sites (tertiary alicyclic amines) is 1. The predicted molar refractivity (Wildman–Crippen MR) is 244 cm³/mol. The number of ether oxygens (including phenoxy) is 2. The first-order valence-electron chi connectivity index (χ1n) is 22.9. The van der Waals surface area contributed by atoms with Crippen LogP contribution >= 0.6 is 0 Å². The van der Waals surface area contributed by atoms with Gasteiger partial charge in [-0.15, -0.1) is 0 Å². The summed E-state index contributed by atoms with van der Waals surface area (Å²) < 4.78 is 73.3. The van der Waals surface area contributed by atoms with E-state index in [1.807, 2.05) is 13.8 Å². The fraction of sp³-hybridized carbons (Fsp3) is 0.480. The molecular formula is C50H57F4N7O7. The van der Waals surface area contributed by atoms with Crippen molar-refractivity contribution in [3.05, 3.63) is 90.0 Å². The number of pyridine rings is 1. The average molecular weight is 944 g/mol. The normalized spacial score (nSPS) is 23.1. The number of fused-ring (bicyclic) bond motifs is 8. The fourth-order valence-corrected chi connectivity index (χ4v) is 10.7. The molecule has 4 aliphatic rings. The highest BCUT2D eigenvalue weighted by Crippen LogP contribution is 2.57. The average Bonchev–Trinajstić information content (AvgIpc) is 3.91. The quantitative estimate of drug-likeness (QED) is 0.115. The molecule has 2 aromatic heterocycles. The van der Waals surface area contributed by atoms with E-state index in [2.05, 4.69) is 22.3 Å². The lowest BCUT2D eigenvalue weighted by molar-refractivity contribution is -0.156. The van der Waals surface area contributed by atoms with E-state index in [4.69, 9.17) is 9.47 Å². The first-order valence-corrected chi connectivity index (χ1v) is 22.9. The lowest BCUT2D eigenvalue weighted by Gasteiger charge is -2.42. The third kappa shape index (κ3) is 9.23. The van der Waals surface area contributed by atoms with E-state index in [1.54, 1.807) is 56.4 Å². The van der Waals surface area contributed by atoms with Crippen molar-refractivity contribution >= 4 is 40.5 Å². The third-order valence-corrected chi connectivity index (χ3v) is 13.9. The summed E-state index contributed by atoms with van der Waals surface area (Å²) in [6, 6.07) is 9.14. The highest BCUT2D eigenvalue weighted by molar-refractivity contribution is 5.97. The second-order valence-corrected chi connectivity index (χ2v) is 19.4. The number of alkyl halides is 3. The van der Waals surface area contributed by atoms with Gasteiger partial charge in [0, 0.05) is 74.2 Å². The van der Waals surface area contributed by atoms with Crippen LogP contribution in [0.4, 0.5) is 17.6 Å². The van der Waals surface area contributed by atoms with Gasteiger partial charge in [0.25, 0.3) is 5.91 Å². The van der Waals surface area contributed by atoms with Gasteiger partial charge in [-0.3, -0.25) is 34.0 Å². The number of amides is 4. The number of esters is 1. The van der Waals surface area contributed by atoms with Gasteiger partial charge in [0.2, 0.25) is 17.7 Å².